The van der Waals surface area contributed by atoms with Gasteiger partial charge in [0.1, 0.15) is 0 Å². The Bertz CT molecular complexity index is 285. The molecule has 0 radical (unpaired) electrons. The van der Waals surface area contributed by atoms with E-state index in [0.717, 1.165) is 12.0 Å². The summed E-state index contributed by atoms with van der Waals surface area (Å²) >= 11 is 0. The molecule has 1 N–H and O–H groups in total. The van der Waals surface area contributed by atoms with Gasteiger partial charge in [0.25, 0.3) is 0 Å². The summed E-state index contributed by atoms with van der Waals surface area (Å²) in [5.74, 6) is 0. The molecule has 4 heteroatoms. The van der Waals surface area contributed by atoms with E-state index in [4.69, 9.17) is 4.74 Å². The number of ether oxygens (including phenoxy) is 1. The Balaban J connectivity index is 2.08. The van der Waals surface area contributed by atoms with Gasteiger partial charge in [-0.2, -0.15) is 5.10 Å². The standard InChI is InChI=1S/C9H14N2O2/c1-11-6-7(5-10-11)9-4-8(12)2-3-13-9/h5-6,8-9,12H,2-4H2,1H3. The topological polar surface area (TPSA) is 47.3 Å². The summed E-state index contributed by atoms with van der Waals surface area (Å²) in [4.78, 5) is 0. The zero-order valence-electron chi connectivity index (χ0n) is 7.68. The van der Waals surface area contributed by atoms with Crippen LogP contribution in [0, 0.1) is 0 Å². The van der Waals surface area contributed by atoms with Gasteiger partial charge in [-0.05, 0) is 6.42 Å². The minimum Gasteiger partial charge on any atom is -0.393 e. The molecular weight excluding hydrogens is 168 g/mol. The molecule has 1 saturated heterocycles. The molecule has 0 aromatic carbocycles. The van der Waals surface area contributed by atoms with Crippen molar-refractivity contribution in [2.75, 3.05) is 6.61 Å². The van der Waals surface area contributed by atoms with Gasteiger partial charge in [0, 0.05) is 31.8 Å². The molecule has 1 aliphatic heterocycles. The number of aryl methyl sites for hydroxylation is 1. The Morgan fingerprint density at radius 1 is 1.69 bits per heavy atom. The van der Waals surface area contributed by atoms with E-state index in [1.54, 1.807) is 10.9 Å². The van der Waals surface area contributed by atoms with Crippen LogP contribution < -0.4 is 0 Å². The van der Waals surface area contributed by atoms with E-state index < -0.39 is 0 Å². The van der Waals surface area contributed by atoms with Gasteiger partial charge in [-0.15, -0.1) is 0 Å². The highest BCUT2D eigenvalue weighted by Gasteiger charge is 2.22. The SMILES string of the molecule is Cn1cc(C2CC(O)CCO2)cn1. The quantitative estimate of drug-likeness (QED) is 0.693. The third kappa shape index (κ3) is 1.89. The summed E-state index contributed by atoms with van der Waals surface area (Å²) in [7, 11) is 1.88. The smallest absolute Gasteiger partial charge is 0.0880 e. The van der Waals surface area contributed by atoms with Gasteiger partial charge in [0.05, 0.1) is 18.4 Å². The molecule has 2 rings (SSSR count). The molecule has 13 heavy (non-hydrogen) atoms. The van der Waals surface area contributed by atoms with Crippen LogP contribution in [-0.2, 0) is 11.8 Å². The predicted molar refractivity (Wildman–Crippen MR) is 47.1 cm³/mol. The van der Waals surface area contributed by atoms with Crippen LogP contribution in [0.5, 0.6) is 0 Å². The Labute approximate surface area is 77.1 Å². The number of rotatable bonds is 1. The molecule has 2 unspecified atom stereocenters. The van der Waals surface area contributed by atoms with Gasteiger partial charge in [0.2, 0.25) is 0 Å². The first-order chi connectivity index (χ1) is 6.25. The highest BCUT2D eigenvalue weighted by Crippen LogP contribution is 2.27. The van der Waals surface area contributed by atoms with E-state index in [9.17, 15) is 5.11 Å². The lowest BCUT2D eigenvalue weighted by Crippen LogP contribution is -2.23. The van der Waals surface area contributed by atoms with E-state index in [1.807, 2.05) is 13.2 Å². The third-order valence-electron chi connectivity index (χ3n) is 2.35. The van der Waals surface area contributed by atoms with Crippen LogP contribution >= 0.6 is 0 Å². The maximum absolute atomic E-state index is 9.44. The second-order valence-corrected chi connectivity index (χ2v) is 3.48. The van der Waals surface area contributed by atoms with Crippen molar-refractivity contribution in [3.63, 3.8) is 0 Å². The highest BCUT2D eigenvalue weighted by atomic mass is 16.5. The average molecular weight is 182 g/mol. The van der Waals surface area contributed by atoms with Crippen molar-refractivity contribution in [1.82, 2.24) is 9.78 Å². The number of aromatic nitrogens is 2. The van der Waals surface area contributed by atoms with Crippen LogP contribution in [0.3, 0.4) is 0 Å². The lowest BCUT2D eigenvalue weighted by Gasteiger charge is -2.25. The van der Waals surface area contributed by atoms with Crippen molar-refractivity contribution in [3.05, 3.63) is 18.0 Å². The maximum atomic E-state index is 9.44. The van der Waals surface area contributed by atoms with Gasteiger partial charge in [-0.1, -0.05) is 0 Å². The monoisotopic (exact) mass is 182 g/mol. The van der Waals surface area contributed by atoms with Gasteiger partial charge in [0.15, 0.2) is 0 Å². The zero-order valence-corrected chi connectivity index (χ0v) is 7.68. The minimum absolute atomic E-state index is 0.0254. The van der Waals surface area contributed by atoms with Gasteiger partial charge < -0.3 is 9.84 Å². The zero-order chi connectivity index (χ0) is 9.26. The number of nitrogens with zero attached hydrogens (tertiary/aromatic N) is 2. The molecule has 72 valence electrons. The molecule has 2 atom stereocenters. The van der Waals surface area contributed by atoms with Crippen LogP contribution in [-0.4, -0.2) is 27.6 Å². The van der Waals surface area contributed by atoms with Gasteiger partial charge >= 0.3 is 0 Å². The van der Waals surface area contributed by atoms with Crippen molar-refractivity contribution in [2.45, 2.75) is 25.0 Å². The van der Waals surface area contributed by atoms with Crippen molar-refractivity contribution in [3.8, 4) is 0 Å². The van der Waals surface area contributed by atoms with Crippen LogP contribution in [0.15, 0.2) is 12.4 Å². The van der Waals surface area contributed by atoms with E-state index in [1.165, 1.54) is 0 Å². The molecule has 1 aromatic heterocycles. The number of aliphatic hydroxyl groups is 1. The third-order valence-corrected chi connectivity index (χ3v) is 2.35. The highest BCUT2D eigenvalue weighted by molar-refractivity contribution is 5.09. The molecule has 0 bridgehead atoms. The molecule has 1 aromatic rings. The lowest BCUT2D eigenvalue weighted by molar-refractivity contribution is -0.0448. The van der Waals surface area contributed by atoms with Crippen LogP contribution in [0.1, 0.15) is 24.5 Å². The first-order valence-electron chi connectivity index (χ1n) is 4.54. The minimum atomic E-state index is -0.223. The summed E-state index contributed by atoms with van der Waals surface area (Å²) < 4.78 is 7.28. The Morgan fingerprint density at radius 2 is 2.54 bits per heavy atom. The summed E-state index contributed by atoms with van der Waals surface area (Å²) in [6.07, 6.45) is 4.96. The molecule has 4 nitrogen and oxygen atoms in total. The summed E-state index contributed by atoms with van der Waals surface area (Å²) in [6, 6.07) is 0. The number of hydrogen-bond donors (Lipinski definition) is 1. The molecule has 2 heterocycles. The van der Waals surface area contributed by atoms with Crippen LogP contribution in [0.2, 0.25) is 0 Å². The van der Waals surface area contributed by atoms with E-state index >= 15 is 0 Å². The summed E-state index contributed by atoms with van der Waals surface area (Å²) in [6.45, 7) is 0.640. The van der Waals surface area contributed by atoms with Gasteiger partial charge in [-0.3, -0.25) is 4.68 Å². The maximum Gasteiger partial charge on any atom is 0.0880 e. The molecule has 1 aliphatic rings. The fraction of sp³-hybridized carbons (Fsp3) is 0.667. The van der Waals surface area contributed by atoms with E-state index in [-0.39, 0.29) is 12.2 Å². The Morgan fingerprint density at radius 3 is 3.15 bits per heavy atom. The summed E-state index contributed by atoms with van der Waals surface area (Å²) in [5, 5.41) is 13.5. The van der Waals surface area contributed by atoms with Crippen molar-refractivity contribution < 1.29 is 9.84 Å². The molecule has 0 saturated carbocycles. The lowest BCUT2D eigenvalue weighted by atomic mass is 10.0. The molecule has 0 amide bonds. The van der Waals surface area contributed by atoms with Crippen LogP contribution in [0.4, 0.5) is 0 Å². The number of aliphatic hydroxyl groups excluding tert-OH is 1. The molecule has 0 spiro atoms. The van der Waals surface area contributed by atoms with E-state index in [2.05, 4.69) is 5.10 Å². The average Bonchev–Trinajstić information content (AvgIpc) is 2.52. The first-order valence-corrected chi connectivity index (χ1v) is 4.54. The second-order valence-electron chi connectivity index (χ2n) is 3.48. The largest absolute Gasteiger partial charge is 0.393 e. The number of hydrogen-bond acceptors (Lipinski definition) is 3. The van der Waals surface area contributed by atoms with E-state index in [0.29, 0.717) is 13.0 Å². The normalized spacial score (nSPS) is 29.1. The Kier molecular flexibility index (Phi) is 2.33. The van der Waals surface area contributed by atoms with Crippen LogP contribution in [0.25, 0.3) is 0 Å². The van der Waals surface area contributed by atoms with Crippen molar-refractivity contribution >= 4 is 0 Å². The predicted octanol–water partition coefficient (Wildman–Crippen LogP) is 0.632. The molecule has 1 fully saturated rings. The summed E-state index contributed by atoms with van der Waals surface area (Å²) in [5.41, 5.74) is 1.06. The molecular formula is C9H14N2O2. The molecule has 0 aliphatic carbocycles. The fourth-order valence-electron chi connectivity index (χ4n) is 1.62. The second kappa shape index (κ2) is 3.47. The van der Waals surface area contributed by atoms with Gasteiger partial charge in [-0.25, -0.2) is 0 Å². The first kappa shape index (κ1) is 8.72. The van der Waals surface area contributed by atoms with Crippen molar-refractivity contribution in [2.24, 2.45) is 7.05 Å². The van der Waals surface area contributed by atoms with Crippen molar-refractivity contribution in [1.29, 1.82) is 0 Å². The Hall–Kier alpha value is -0.870. The fourth-order valence-corrected chi connectivity index (χ4v) is 1.62.